The predicted molar refractivity (Wildman–Crippen MR) is 170 cm³/mol. The van der Waals surface area contributed by atoms with E-state index in [1.54, 1.807) is 29.3 Å². The Morgan fingerprint density at radius 1 is 0.976 bits per heavy atom. The average molecular weight is 594 g/mol. The number of benzene rings is 1. The van der Waals surface area contributed by atoms with E-state index in [1.807, 2.05) is 30.0 Å². The number of fused-ring (bicyclic) bond motifs is 1. The van der Waals surface area contributed by atoms with E-state index in [4.69, 9.17) is 17.2 Å². The Bertz CT molecular complexity index is 1530. The molecule has 0 bridgehead atoms. The Hall–Kier alpha value is -3.24. The number of nitrogens with zero attached hydrogens (tertiary/aromatic N) is 5. The number of pyridine rings is 1. The first-order valence-electron chi connectivity index (χ1n) is 14.4. The first kappa shape index (κ1) is 29.3. The Balaban J connectivity index is 1.41. The number of thiocarbonyl (C=S) groups is 1. The maximum atomic E-state index is 14.4. The van der Waals surface area contributed by atoms with Crippen molar-refractivity contribution in [1.82, 2.24) is 14.3 Å². The summed E-state index contributed by atoms with van der Waals surface area (Å²) in [4.78, 5) is 38.3. The Kier molecular flexibility index (Phi) is 9.39. The van der Waals surface area contributed by atoms with Crippen molar-refractivity contribution >= 4 is 57.4 Å². The Labute approximate surface area is 250 Å². The zero-order valence-corrected chi connectivity index (χ0v) is 25.3. The lowest BCUT2D eigenvalue weighted by Gasteiger charge is -2.37. The second kappa shape index (κ2) is 13.2. The maximum Gasteiger partial charge on any atom is 0.267 e. The zero-order valence-electron chi connectivity index (χ0n) is 23.6. The topological polar surface area (TPSA) is 61.2 Å². The molecule has 216 valence electrons. The second-order valence-corrected chi connectivity index (χ2v) is 12.3. The minimum Gasteiger partial charge on any atom is -0.366 e. The van der Waals surface area contributed by atoms with Gasteiger partial charge in [0.1, 0.15) is 21.6 Å². The summed E-state index contributed by atoms with van der Waals surface area (Å²) >= 11 is 6.81. The summed E-state index contributed by atoms with van der Waals surface area (Å²) in [5.74, 6) is 0.132. The van der Waals surface area contributed by atoms with Crippen LogP contribution >= 0.6 is 24.0 Å². The van der Waals surface area contributed by atoms with Crippen molar-refractivity contribution in [2.75, 3.05) is 42.5 Å². The van der Waals surface area contributed by atoms with Crippen LogP contribution < -0.4 is 15.4 Å². The number of aryl methyl sites for hydroxylation is 1. The van der Waals surface area contributed by atoms with Crippen LogP contribution in [0.4, 0.5) is 15.9 Å². The van der Waals surface area contributed by atoms with Gasteiger partial charge in [-0.15, -0.1) is 0 Å². The number of aromatic nitrogens is 2. The third kappa shape index (κ3) is 6.48. The number of rotatable bonds is 10. The molecule has 3 aromatic rings. The second-order valence-electron chi connectivity index (χ2n) is 10.6. The van der Waals surface area contributed by atoms with Gasteiger partial charge in [-0.25, -0.2) is 9.37 Å². The average Bonchev–Trinajstić information content (AvgIpc) is 3.24. The molecule has 1 aromatic carbocycles. The van der Waals surface area contributed by atoms with Crippen LogP contribution in [-0.4, -0.2) is 57.2 Å². The van der Waals surface area contributed by atoms with Gasteiger partial charge in [0.05, 0.1) is 16.2 Å². The Morgan fingerprint density at radius 3 is 2.44 bits per heavy atom. The summed E-state index contributed by atoms with van der Waals surface area (Å²) in [6, 6.07) is 10.5. The van der Waals surface area contributed by atoms with Gasteiger partial charge in [-0.05, 0) is 43.2 Å². The lowest BCUT2D eigenvalue weighted by atomic mass is 10.1. The van der Waals surface area contributed by atoms with E-state index >= 15 is 0 Å². The smallest absolute Gasteiger partial charge is 0.267 e. The molecule has 7 nitrogen and oxygen atoms in total. The van der Waals surface area contributed by atoms with E-state index in [2.05, 4.69) is 11.8 Å². The quantitative estimate of drug-likeness (QED) is 0.162. The molecule has 0 radical (unpaired) electrons. The summed E-state index contributed by atoms with van der Waals surface area (Å²) in [5.41, 5.74) is 2.19. The number of hydrogen-bond acceptors (Lipinski definition) is 7. The normalized spacial score (nSPS) is 17.0. The van der Waals surface area contributed by atoms with Gasteiger partial charge in [-0.2, -0.15) is 0 Å². The molecule has 4 heterocycles. The minimum atomic E-state index is -0.248. The van der Waals surface area contributed by atoms with Gasteiger partial charge in [-0.3, -0.25) is 18.9 Å². The summed E-state index contributed by atoms with van der Waals surface area (Å²) < 4.78 is 16.5. The van der Waals surface area contributed by atoms with Gasteiger partial charge in [0.2, 0.25) is 0 Å². The molecule has 2 aliphatic rings. The number of para-hydroxylation sites is 1. The van der Waals surface area contributed by atoms with E-state index in [0.717, 1.165) is 24.8 Å². The fourth-order valence-corrected chi connectivity index (χ4v) is 6.65. The Morgan fingerprint density at radius 2 is 1.68 bits per heavy atom. The fraction of sp³-hybridized carbons (Fsp3) is 0.419. The van der Waals surface area contributed by atoms with Crippen LogP contribution in [0.3, 0.4) is 0 Å². The van der Waals surface area contributed by atoms with Crippen molar-refractivity contribution in [3.05, 3.63) is 74.8 Å². The van der Waals surface area contributed by atoms with E-state index in [9.17, 15) is 14.0 Å². The molecule has 5 rings (SSSR count). The third-order valence-corrected chi connectivity index (χ3v) is 9.02. The van der Waals surface area contributed by atoms with Crippen LogP contribution in [0.5, 0.6) is 0 Å². The number of unbranched alkanes of at least 4 members (excludes halogenated alkanes) is 5. The highest BCUT2D eigenvalue weighted by molar-refractivity contribution is 8.26. The molecule has 0 aliphatic carbocycles. The van der Waals surface area contributed by atoms with Gasteiger partial charge in [-0.1, -0.05) is 81.2 Å². The number of hydrogen-bond donors (Lipinski definition) is 0. The zero-order chi connectivity index (χ0) is 28.9. The molecular formula is C31H36FN5O2S2. The molecule has 2 aliphatic heterocycles. The van der Waals surface area contributed by atoms with E-state index in [-0.39, 0.29) is 17.3 Å². The summed E-state index contributed by atoms with van der Waals surface area (Å²) in [6.45, 7) is 6.99. The largest absolute Gasteiger partial charge is 0.366 e. The standard InChI is InChI=1S/C31H36FN5O2S2/c1-3-4-5-6-7-10-15-36-30(39)26(41-31(36)40)20-23-28(33-27-14-13-22(2)21-37(27)29(23)38)35-18-16-34(17-19-35)25-12-9-8-11-24(25)32/h8-9,11-14,20-21H,3-7,10,15-19H2,1-2H3/b26-20+. The van der Waals surface area contributed by atoms with Gasteiger partial charge in [0, 0.05) is 38.9 Å². The van der Waals surface area contributed by atoms with Crippen molar-refractivity contribution in [2.45, 2.75) is 52.4 Å². The lowest BCUT2D eigenvalue weighted by Crippen LogP contribution is -2.47. The number of anilines is 2. The lowest BCUT2D eigenvalue weighted by molar-refractivity contribution is -0.122. The van der Waals surface area contributed by atoms with Crippen LogP contribution in [0.1, 0.15) is 56.6 Å². The third-order valence-electron chi connectivity index (χ3n) is 7.64. The molecule has 0 unspecified atom stereocenters. The van der Waals surface area contributed by atoms with Gasteiger partial charge in [0.15, 0.2) is 0 Å². The van der Waals surface area contributed by atoms with Crippen LogP contribution in [0, 0.1) is 12.7 Å². The SMILES string of the molecule is CCCCCCCCN1C(=O)/C(=C\c2c(N3CCN(c4ccccc4F)CC3)nc3ccc(C)cn3c2=O)SC1=S. The van der Waals surface area contributed by atoms with Gasteiger partial charge in [0.25, 0.3) is 11.5 Å². The molecule has 1 amide bonds. The van der Waals surface area contributed by atoms with E-state index in [0.29, 0.717) is 64.7 Å². The van der Waals surface area contributed by atoms with Gasteiger partial charge >= 0.3 is 0 Å². The van der Waals surface area contributed by atoms with E-state index in [1.165, 1.54) is 41.5 Å². The summed E-state index contributed by atoms with van der Waals surface area (Å²) in [6.07, 6.45) is 10.2. The maximum absolute atomic E-state index is 14.4. The number of carbonyl (C=O) groups is 1. The monoisotopic (exact) mass is 593 g/mol. The molecule has 41 heavy (non-hydrogen) atoms. The number of thioether (sulfide) groups is 1. The number of piperazine rings is 1. The molecule has 0 atom stereocenters. The van der Waals surface area contributed by atoms with Crippen molar-refractivity contribution in [1.29, 1.82) is 0 Å². The number of amides is 1. The summed E-state index contributed by atoms with van der Waals surface area (Å²) in [7, 11) is 0. The molecular weight excluding hydrogens is 558 g/mol. The molecule has 2 fully saturated rings. The molecule has 0 spiro atoms. The van der Waals surface area contributed by atoms with Crippen LogP contribution in [0.25, 0.3) is 11.7 Å². The molecule has 2 aromatic heterocycles. The van der Waals surface area contributed by atoms with Crippen LogP contribution in [0.15, 0.2) is 52.3 Å². The van der Waals surface area contributed by atoms with Gasteiger partial charge < -0.3 is 9.80 Å². The predicted octanol–water partition coefficient (Wildman–Crippen LogP) is 6.03. The van der Waals surface area contributed by atoms with Crippen molar-refractivity contribution in [3.8, 4) is 0 Å². The van der Waals surface area contributed by atoms with Crippen LogP contribution in [0.2, 0.25) is 0 Å². The highest BCUT2D eigenvalue weighted by atomic mass is 32.2. The highest BCUT2D eigenvalue weighted by Crippen LogP contribution is 2.34. The van der Waals surface area contributed by atoms with Crippen molar-refractivity contribution < 1.29 is 9.18 Å². The highest BCUT2D eigenvalue weighted by Gasteiger charge is 2.33. The molecule has 10 heteroatoms. The van der Waals surface area contributed by atoms with E-state index < -0.39 is 0 Å². The molecule has 0 N–H and O–H groups in total. The minimum absolute atomic E-state index is 0.155. The number of halogens is 1. The summed E-state index contributed by atoms with van der Waals surface area (Å²) in [5, 5.41) is 0. The fourth-order valence-electron chi connectivity index (χ4n) is 5.36. The van der Waals surface area contributed by atoms with Crippen LogP contribution in [-0.2, 0) is 4.79 Å². The first-order chi connectivity index (χ1) is 19.9. The van der Waals surface area contributed by atoms with Crippen molar-refractivity contribution in [3.63, 3.8) is 0 Å². The molecule has 2 saturated heterocycles. The first-order valence-corrected chi connectivity index (χ1v) is 15.6. The number of carbonyl (C=O) groups excluding carboxylic acids is 1. The van der Waals surface area contributed by atoms with Crippen molar-refractivity contribution in [2.24, 2.45) is 0 Å². The molecule has 0 saturated carbocycles.